The Morgan fingerprint density at radius 3 is 2.75 bits per heavy atom. The summed E-state index contributed by atoms with van der Waals surface area (Å²) in [4.78, 5) is 21.9. The molecule has 6 heteroatoms. The number of ether oxygens (including phenoxy) is 1. The minimum absolute atomic E-state index is 0.0549. The third-order valence-electron chi connectivity index (χ3n) is 1.72. The highest BCUT2D eigenvalue weighted by atomic mass is 19.1. The summed E-state index contributed by atoms with van der Waals surface area (Å²) in [5.41, 5.74) is -0.0171. The fourth-order valence-electron chi connectivity index (χ4n) is 0.984. The monoisotopic (exact) mass is 222 g/mol. The van der Waals surface area contributed by atoms with Crippen LogP contribution in [0.5, 0.6) is 0 Å². The molecule has 0 spiro atoms. The van der Waals surface area contributed by atoms with E-state index in [1.54, 1.807) is 6.07 Å². The van der Waals surface area contributed by atoms with Crippen LogP contribution in [0.25, 0.3) is 0 Å². The first kappa shape index (κ1) is 11.7. The Kier molecular flexibility index (Phi) is 3.56. The summed E-state index contributed by atoms with van der Waals surface area (Å²) in [6.45, 7) is 0. The van der Waals surface area contributed by atoms with E-state index < -0.39 is 17.7 Å². The summed E-state index contributed by atoms with van der Waals surface area (Å²) in [7, 11) is 1.05. The van der Waals surface area contributed by atoms with Gasteiger partial charge in [-0.15, -0.1) is 0 Å². The van der Waals surface area contributed by atoms with Crippen LogP contribution in [-0.4, -0.2) is 19.0 Å². The standard InChI is InChI=1S/C10H7FN2O3/c1-16-10(15)9(14)13-8-3-2-7(11)4-6(8)5-12/h2-4H,1H3,(H,13,14). The predicted octanol–water partition coefficient (Wildman–Crippen LogP) is 0.809. The molecule has 0 bridgehead atoms. The number of hydrogen-bond donors (Lipinski definition) is 1. The second-order valence-corrected chi connectivity index (χ2v) is 2.75. The van der Waals surface area contributed by atoms with Gasteiger partial charge in [0.05, 0.1) is 18.4 Å². The smallest absolute Gasteiger partial charge is 0.396 e. The van der Waals surface area contributed by atoms with Crippen molar-refractivity contribution in [3.63, 3.8) is 0 Å². The molecule has 0 radical (unpaired) electrons. The third-order valence-corrected chi connectivity index (χ3v) is 1.72. The maximum atomic E-state index is 12.7. The number of hydrogen-bond acceptors (Lipinski definition) is 4. The number of carbonyl (C=O) groups excluding carboxylic acids is 2. The summed E-state index contributed by atoms with van der Waals surface area (Å²) in [5.74, 6) is -2.72. The molecule has 0 unspecified atom stereocenters. The van der Waals surface area contributed by atoms with Crippen molar-refractivity contribution < 1.29 is 18.7 Å². The number of nitriles is 1. The number of halogens is 1. The summed E-state index contributed by atoms with van der Waals surface area (Å²) in [5, 5.41) is 10.8. The molecule has 0 saturated heterocycles. The summed E-state index contributed by atoms with van der Waals surface area (Å²) in [6.07, 6.45) is 0. The molecule has 1 aromatic carbocycles. The quantitative estimate of drug-likeness (QED) is 0.563. The van der Waals surface area contributed by atoms with E-state index in [0.29, 0.717) is 0 Å². The van der Waals surface area contributed by atoms with Crippen LogP contribution in [0.1, 0.15) is 5.56 Å². The number of anilines is 1. The first-order valence-electron chi connectivity index (χ1n) is 4.17. The van der Waals surface area contributed by atoms with Crippen LogP contribution in [0.4, 0.5) is 10.1 Å². The number of esters is 1. The third kappa shape index (κ3) is 2.54. The van der Waals surface area contributed by atoms with Crippen LogP contribution >= 0.6 is 0 Å². The molecular formula is C10H7FN2O3. The average Bonchev–Trinajstić information content (AvgIpc) is 2.30. The molecule has 1 aromatic rings. The molecule has 0 atom stereocenters. The van der Waals surface area contributed by atoms with E-state index in [-0.39, 0.29) is 11.3 Å². The molecular weight excluding hydrogens is 215 g/mol. The molecule has 1 N–H and O–H groups in total. The molecule has 0 aliphatic carbocycles. The fourth-order valence-corrected chi connectivity index (χ4v) is 0.984. The van der Waals surface area contributed by atoms with Crippen molar-refractivity contribution in [2.24, 2.45) is 0 Å². The van der Waals surface area contributed by atoms with Gasteiger partial charge in [-0.25, -0.2) is 9.18 Å². The van der Waals surface area contributed by atoms with Gasteiger partial charge in [-0.1, -0.05) is 0 Å². The Morgan fingerprint density at radius 2 is 2.19 bits per heavy atom. The zero-order valence-corrected chi connectivity index (χ0v) is 8.28. The fraction of sp³-hybridized carbons (Fsp3) is 0.100. The summed E-state index contributed by atoms with van der Waals surface area (Å²) in [6, 6.07) is 4.90. The summed E-state index contributed by atoms with van der Waals surface area (Å²) >= 11 is 0. The molecule has 1 rings (SSSR count). The van der Waals surface area contributed by atoms with E-state index in [1.165, 1.54) is 6.07 Å². The van der Waals surface area contributed by atoms with Gasteiger partial charge in [-0.2, -0.15) is 5.26 Å². The van der Waals surface area contributed by atoms with Crippen molar-refractivity contribution in [3.05, 3.63) is 29.6 Å². The number of carbonyl (C=O) groups is 2. The van der Waals surface area contributed by atoms with Gasteiger partial charge in [0, 0.05) is 0 Å². The lowest BCUT2D eigenvalue weighted by atomic mass is 10.2. The zero-order valence-electron chi connectivity index (χ0n) is 8.28. The molecule has 0 fully saturated rings. The Morgan fingerprint density at radius 1 is 1.50 bits per heavy atom. The minimum Gasteiger partial charge on any atom is -0.462 e. The van der Waals surface area contributed by atoms with Gasteiger partial charge < -0.3 is 10.1 Å². The largest absolute Gasteiger partial charge is 0.462 e. The molecule has 0 aromatic heterocycles. The minimum atomic E-state index is -1.09. The topological polar surface area (TPSA) is 79.2 Å². The molecule has 5 nitrogen and oxygen atoms in total. The second kappa shape index (κ2) is 4.89. The number of rotatable bonds is 1. The van der Waals surface area contributed by atoms with Crippen molar-refractivity contribution in [1.29, 1.82) is 5.26 Å². The van der Waals surface area contributed by atoms with Crippen molar-refractivity contribution in [2.75, 3.05) is 12.4 Å². The molecule has 0 saturated carbocycles. The first-order chi connectivity index (χ1) is 7.58. The zero-order chi connectivity index (χ0) is 12.1. The maximum Gasteiger partial charge on any atom is 0.396 e. The molecule has 82 valence electrons. The van der Waals surface area contributed by atoms with Gasteiger partial charge >= 0.3 is 11.9 Å². The molecule has 0 aliphatic heterocycles. The van der Waals surface area contributed by atoms with Crippen LogP contribution in [0.3, 0.4) is 0 Å². The second-order valence-electron chi connectivity index (χ2n) is 2.75. The number of methoxy groups -OCH3 is 1. The molecule has 1 amide bonds. The normalized spacial score (nSPS) is 9.06. The number of nitrogens with zero attached hydrogens (tertiary/aromatic N) is 1. The lowest BCUT2D eigenvalue weighted by molar-refractivity contribution is -0.150. The van der Waals surface area contributed by atoms with Crippen LogP contribution in [-0.2, 0) is 14.3 Å². The van der Waals surface area contributed by atoms with E-state index in [1.807, 2.05) is 0 Å². The molecule has 0 aliphatic rings. The van der Waals surface area contributed by atoms with Crippen molar-refractivity contribution >= 4 is 17.6 Å². The van der Waals surface area contributed by atoms with Crippen molar-refractivity contribution in [1.82, 2.24) is 0 Å². The number of amides is 1. The van der Waals surface area contributed by atoms with E-state index in [9.17, 15) is 14.0 Å². The highest BCUT2D eigenvalue weighted by Gasteiger charge is 2.15. The van der Waals surface area contributed by atoms with Gasteiger partial charge in [0.2, 0.25) is 0 Å². The number of nitrogens with one attached hydrogen (secondary N) is 1. The van der Waals surface area contributed by atoms with Gasteiger partial charge in [-0.05, 0) is 18.2 Å². The molecule has 0 heterocycles. The van der Waals surface area contributed by atoms with Crippen LogP contribution in [0.2, 0.25) is 0 Å². The van der Waals surface area contributed by atoms with E-state index in [4.69, 9.17) is 5.26 Å². The average molecular weight is 222 g/mol. The first-order valence-corrected chi connectivity index (χ1v) is 4.17. The number of benzene rings is 1. The Hall–Kier alpha value is -2.42. The van der Waals surface area contributed by atoms with Crippen molar-refractivity contribution in [3.8, 4) is 6.07 Å². The Balaban J connectivity index is 2.94. The van der Waals surface area contributed by atoms with Crippen molar-refractivity contribution in [2.45, 2.75) is 0 Å². The van der Waals surface area contributed by atoms with E-state index in [2.05, 4.69) is 10.1 Å². The summed E-state index contributed by atoms with van der Waals surface area (Å²) < 4.78 is 16.9. The van der Waals surface area contributed by atoms with Gasteiger partial charge in [0.25, 0.3) is 0 Å². The van der Waals surface area contributed by atoms with Crippen LogP contribution in [0.15, 0.2) is 18.2 Å². The van der Waals surface area contributed by atoms with Crippen LogP contribution in [0, 0.1) is 17.1 Å². The lowest BCUT2D eigenvalue weighted by Gasteiger charge is -2.05. The van der Waals surface area contributed by atoms with E-state index in [0.717, 1.165) is 19.2 Å². The Bertz CT molecular complexity index is 479. The highest BCUT2D eigenvalue weighted by molar-refractivity contribution is 6.37. The Labute approximate surface area is 90.4 Å². The van der Waals surface area contributed by atoms with Gasteiger partial charge in [0.1, 0.15) is 11.9 Å². The predicted molar refractivity (Wildman–Crippen MR) is 51.8 cm³/mol. The van der Waals surface area contributed by atoms with Gasteiger partial charge in [-0.3, -0.25) is 4.79 Å². The molecule has 16 heavy (non-hydrogen) atoms. The lowest BCUT2D eigenvalue weighted by Crippen LogP contribution is -2.24. The van der Waals surface area contributed by atoms with Gasteiger partial charge in [0.15, 0.2) is 0 Å². The highest BCUT2D eigenvalue weighted by Crippen LogP contribution is 2.15. The van der Waals surface area contributed by atoms with E-state index >= 15 is 0 Å². The SMILES string of the molecule is COC(=O)C(=O)Nc1ccc(F)cc1C#N. The van der Waals surface area contributed by atoms with Crippen LogP contribution < -0.4 is 5.32 Å². The maximum absolute atomic E-state index is 12.7.